The maximum absolute atomic E-state index is 12.5. The largest absolute Gasteiger partial charge is 1.00 e. The van der Waals surface area contributed by atoms with Gasteiger partial charge in [-0.1, -0.05) is 13.3 Å². The topological polar surface area (TPSA) is 160 Å². The van der Waals surface area contributed by atoms with Gasteiger partial charge >= 0.3 is 29.6 Å². The van der Waals surface area contributed by atoms with Crippen molar-refractivity contribution in [2.45, 2.75) is 41.0 Å². The molecule has 1 heterocycles. The first-order chi connectivity index (χ1) is 12.5. The van der Waals surface area contributed by atoms with E-state index in [1.165, 1.54) is 6.26 Å². The average Bonchev–Trinajstić information content (AvgIpc) is 3.08. The summed E-state index contributed by atoms with van der Waals surface area (Å²) in [4.78, 5) is -1.59. The van der Waals surface area contributed by atoms with E-state index in [2.05, 4.69) is 5.32 Å². The Morgan fingerprint density at radius 3 is 2.39 bits per heavy atom. The molecule has 0 bridgehead atoms. The van der Waals surface area contributed by atoms with E-state index in [0.29, 0.717) is 18.2 Å². The molecule has 2 rings (SSSR count). The third kappa shape index (κ3) is 6.66. The smallest absolute Gasteiger partial charge is 0.744 e. The number of rotatable bonds is 9. The number of unbranched alkanes of at least 4 members (excludes halogenated alkanes) is 1. The van der Waals surface area contributed by atoms with Gasteiger partial charge in [0.2, 0.25) is 10.0 Å². The fourth-order valence-corrected chi connectivity index (χ4v) is 5.56. The van der Waals surface area contributed by atoms with Gasteiger partial charge in [-0.25, -0.2) is 22.0 Å². The van der Waals surface area contributed by atoms with Crippen LogP contribution in [0.15, 0.2) is 49.6 Å². The number of sulfonamides is 1. The summed E-state index contributed by atoms with van der Waals surface area (Å²) in [5.41, 5.74) is -0.173. The summed E-state index contributed by atoms with van der Waals surface area (Å²) in [6.45, 7) is 1.91. The third-order valence-electron chi connectivity index (χ3n) is 3.58. The van der Waals surface area contributed by atoms with Crippen molar-refractivity contribution >= 4 is 36.6 Å². The van der Waals surface area contributed by atoms with E-state index in [4.69, 9.17) is 9.56 Å². The van der Waals surface area contributed by atoms with Crippen LogP contribution >= 0.6 is 0 Å². The van der Waals surface area contributed by atoms with Crippen molar-refractivity contribution in [3.63, 3.8) is 0 Å². The van der Waals surface area contributed by atoms with E-state index >= 15 is 0 Å². The molecule has 1 atom stereocenters. The fraction of sp³-hybridized carbons (Fsp3) is 0.333. The molecule has 150 valence electrons. The Labute approximate surface area is 188 Å². The van der Waals surface area contributed by atoms with Crippen molar-refractivity contribution in [2.24, 2.45) is 5.14 Å². The average molecular weight is 459 g/mol. The van der Waals surface area contributed by atoms with Crippen LogP contribution in [-0.2, 0) is 37.5 Å². The molecule has 3 N–H and O–H groups in total. The molecular weight excluding hydrogens is 439 g/mol. The van der Waals surface area contributed by atoms with Crippen LogP contribution < -0.4 is 40.0 Å². The van der Waals surface area contributed by atoms with Gasteiger partial charge in [-0.3, -0.25) is 4.21 Å². The van der Waals surface area contributed by atoms with Crippen LogP contribution in [0.1, 0.15) is 25.5 Å². The second-order valence-corrected chi connectivity index (χ2v) is 10.0. The number of furan rings is 1. The Hall–Kier alpha value is -0.730. The van der Waals surface area contributed by atoms with Gasteiger partial charge in [0.1, 0.15) is 15.9 Å². The first-order valence-corrected chi connectivity index (χ1v) is 12.1. The number of benzene rings is 1. The van der Waals surface area contributed by atoms with Gasteiger partial charge in [-0.05, 0) is 30.7 Å². The minimum absolute atomic E-state index is 0. The molecule has 0 saturated carbocycles. The Morgan fingerprint density at radius 1 is 1.21 bits per heavy atom. The maximum atomic E-state index is 12.5. The van der Waals surface area contributed by atoms with Gasteiger partial charge in [-0.15, -0.1) is 0 Å². The van der Waals surface area contributed by atoms with Crippen LogP contribution in [-0.4, -0.2) is 31.4 Å². The van der Waals surface area contributed by atoms with Gasteiger partial charge in [0.05, 0.1) is 44.0 Å². The third-order valence-corrected chi connectivity index (χ3v) is 7.03. The molecule has 28 heavy (non-hydrogen) atoms. The number of hydrogen-bond acceptors (Lipinski definition) is 8. The first kappa shape index (κ1) is 25.3. The first-order valence-electron chi connectivity index (χ1n) is 7.85. The van der Waals surface area contributed by atoms with E-state index in [9.17, 15) is 25.6 Å². The van der Waals surface area contributed by atoms with E-state index in [1.807, 2.05) is 6.92 Å². The minimum Gasteiger partial charge on any atom is -0.744 e. The second-order valence-electron chi connectivity index (χ2n) is 5.63. The van der Waals surface area contributed by atoms with Gasteiger partial charge in [0, 0.05) is 5.75 Å². The summed E-state index contributed by atoms with van der Waals surface area (Å²) in [6.07, 6.45) is 2.71. The molecule has 2 aromatic rings. The standard InChI is InChI=1S/C15H20N2O7S3.Na/c1-2-3-7-25(18)13-8-12(17-10-11-5-4-6-24-11)14(27(21,22)23)9-15(13)26(16,19)20;/h4-6,8-9,17H,2-3,7,10H2,1H3,(H2,16,19,20)(H,21,22,23);/q;+1/p-1. The van der Waals surface area contributed by atoms with E-state index in [-0.39, 0.29) is 52.4 Å². The second kappa shape index (κ2) is 10.3. The number of anilines is 1. The molecule has 0 aliphatic rings. The number of nitrogens with two attached hydrogens (primary N) is 1. The quantitative estimate of drug-likeness (QED) is 0.334. The predicted molar refractivity (Wildman–Crippen MR) is 98.0 cm³/mol. The summed E-state index contributed by atoms with van der Waals surface area (Å²) in [6, 6.07) is 4.98. The zero-order valence-corrected chi connectivity index (χ0v) is 19.8. The van der Waals surface area contributed by atoms with E-state index in [1.54, 1.807) is 12.1 Å². The van der Waals surface area contributed by atoms with Gasteiger partial charge in [0.15, 0.2) is 0 Å². The molecule has 0 radical (unpaired) electrons. The van der Waals surface area contributed by atoms with Crippen LogP contribution in [0.3, 0.4) is 0 Å². The molecular formula is C15H19N2NaO7S3. The molecule has 1 aromatic heterocycles. The zero-order chi connectivity index (χ0) is 20.2. The molecule has 13 heteroatoms. The molecule has 0 spiro atoms. The van der Waals surface area contributed by atoms with Crippen molar-refractivity contribution in [3.05, 3.63) is 36.3 Å². The van der Waals surface area contributed by atoms with E-state index < -0.39 is 40.7 Å². The van der Waals surface area contributed by atoms with Crippen molar-refractivity contribution < 1.29 is 59.6 Å². The maximum Gasteiger partial charge on any atom is 1.00 e. The Bertz CT molecular complexity index is 1040. The van der Waals surface area contributed by atoms with Crippen LogP contribution in [0.4, 0.5) is 5.69 Å². The normalized spacial score (nSPS) is 13.0. The van der Waals surface area contributed by atoms with Crippen LogP contribution in [0.2, 0.25) is 0 Å². The Morgan fingerprint density at radius 2 is 1.89 bits per heavy atom. The van der Waals surface area contributed by atoms with Crippen LogP contribution in [0.5, 0.6) is 0 Å². The molecule has 9 nitrogen and oxygen atoms in total. The number of hydrogen-bond donors (Lipinski definition) is 2. The van der Waals surface area contributed by atoms with Crippen LogP contribution in [0.25, 0.3) is 0 Å². The Kier molecular flexibility index (Phi) is 9.35. The summed E-state index contributed by atoms with van der Waals surface area (Å²) in [7, 11) is -11.2. The number of nitrogens with one attached hydrogen (secondary N) is 1. The molecule has 1 aromatic carbocycles. The molecule has 1 unspecified atom stereocenters. The molecule has 0 saturated heterocycles. The van der Waals surface area contributed by atoms with E-state index in [0.717, 1.165) is 12.5 Å². The summed E-state index contributed by atoms with van der Waals surface area (Å²) in [5, 5.41) is 7.85. The minimum atomic E-state index is -5.03. The summed E-state index contributed by atoms with van der Waals surface area (Å²) >= 11 is 0. The molecule has 0 amide bonds. The van der Waals surface area contributed by atoms with Crippen molar-refractivity contribution in [1.82, 2.24) is 0 Å². The summed E-state index contributed by atoms with van der Waals surface area (Å²) in [5.74, 6) is 0.619. The van der Waals surface area contributed by atoms with Gasteiger partial charge in [-0.2, -0.15) is 0 Å². The van der Waals surface area contributed by atoms with Crippen LogP contribution in [0, 0.1) is 0 Å². The monoisotopic (exact) mass is 458 g/mol. The summed E-state index contributed by atoms with van der Waals surface area (Å²) < 4.78 is 76.3. The molecule has 0 fully saturated rings. The SMILES string of the molecule is CCCCS(=O)c1cc(NCc2ccco2)c(S(=O)(=O)[O-])cc1S(N)(=O)=O.[Na+]. The van der Waals surface area contributed by atoms with Gasteiger partial charge < -0.3 is 14.3 Å². The van der Waals surface area contributed by atoms with Gasteiger partial charge in [0.25, 0.3) is 0 Å². The van der Waals surface area contributed by atoms with Crippen molar-refractivity contribution in [1.29, 1.82) is 0 Å². The number of primary sulfonamides is 1. The fourth-order valence-electron chi connectivity index (χ4n) is 2.27. The Balaban J connectivity index is 0.00000392. The zero-order valence-electron chi connectivity index (χ0n) is 15.4. The molecule has 0 aliphatic carbocycles. The van der Waals surface area contributed by atoms with Crippen molar-refractivity contribution in [3.8, 4) is 0 Å². The van der Waals surface area contributed by atoms with Crippen molar-refractivity contribution in [2.75, 3.05) is 11.1 Å². The predicted octanol–water partition coefficient (Wildman–Crippen LogP) is -1.65. The molecule has 0 aliphatic heterocycles.